The van der Waals surface area contributed by atoms with Crippen LogP contribution in [0.25, 0.3) is 0 Å². The summed E-state index contributed by atoms with van der Waals surface area (Å²) in [6, 6.07) is 1.86. The molecule has 1 aromatic carbocycles. The number of amides is 1. The zero-order valence-corrected chi connectivity index (χ0v) is 16.3. The molecular formula is C20H19F3N6O2. The first-order valence-electron chi connectivity index (χ1n) is 9.59. The summed E-state index contributed by atoms with van der Waals surface area (Å²) in [5.41, 5.74) is 2.26. The van der Waals surface area contributed by atoms with Gasteiger partial charge in [0.15, 0.2) is 17.5 Å². The number of nitrogens with zero attached hydrogens (tertiary/aromatic N) is 4. The van der Waals surface area contributed by atoms with E-state index in [2.05, 4.69) is 25.7 Å². The molecule has 162 valence electrons. The molecule has 1 atom stereocenters. The predicted molar refractivity (Wildman–Crippen MR) is 105 cm³/mol. The van der Waals surface area contributed by atoms with Gasteiger partial charge in [0.25, 0.3) is 0 Å². The summed E-state index contributed by atoms with van der Waals surface area (Å²) in [5, 5.41) is 19.0. The highest BCUT2D eigenvalue weighted by atomic mass is 19.2. The quantitative estimate of drug-likeness (QED) is 0.495. The lowest BCUT2D eigenvalue weighted by atomic mass is 9.95. The number of hydrogen-bond acceptors (Lipinski definition) is 6. The molecule has 0 unspecified atom stereocenters. The van der Waals surface area contributed by atoms with Crippen LogP contribution >= 0.6 is 0 Å². The normalized spacial score (nSPS) is 15.5. The van der Waals surface area contributed by atoms with Crippen molar-refractivity contribution in [2.45, 2.75) is 25.9 Å². The molecule has 0 saturated heterocycles. The molecule has 3 heterocycles. The van der Waals surface area contributed by atoms with Crippen LogP contribution in [0.1, 0.15) is 23.2 Å². The van der Waals surface area contributed by atoms with Crippen LogP contribution in [0, 0.1) is 23.4 Å². The van der Waals surface area contributed by atoms with E-state index < -0.39 is 17.5 Å². The van der Waals surface area contributed by atoms with Crippen LogP contribution < -0.4 is 10.6 Å². The van der Waals surface area contributed by atoms with E-state index >= 15 is 0 Å². The molecule has 1 amide bonds. The first kappa shape index (κ1) is 20.8. The monoisotopic (exact) mass is 432 g/mol. The Labute approximate surface area is 175 Å². The number of fused-ring (bicyclic) bond motifs is 1. The highest BCUT2D eigenvalue weighted by molar-refractivity contribution is 5.95. The van der Waals surface area contributed by atoms with Gasteiger partial charge in [0, 0.05) is 37.3 Å². The smallest absolute Gasteiger partial charge is 0.228 e. The van der Waals surface area contributed by atoms with Crippen molar-refractivity contribution >= 4 is 17.5 Å². The topological polar surface area (TPSA) is 105 Å². The van der Waals surface area contributed by atoms with Crippen LogP contribution in [-0.4, -0.2) is 37.4 Å². The highest BCUT2D eigenvalue weighted by Gasteiger charge is 2.27. The van der Waals surface area contributed by atoms with Crippen LogP contribution in [0.4, 0.5) is 24.8 Å². The van der Waals surface area contributed by atoms with E-state index in [0.717, 1.165) is 17.7 Å². The van der Waals surface area contributed by atoms with Crippen molar-refractivity contribution in [1.82, 2.24) is 19.7 Å². The second-order valence-corrected chi connectivity index (χ2v) is 7.23. The molecule has 11 heteroatoms. The Morgan fingerprint density at radius 3 is 2.71 bits per heavy atom. The first-order valence-corrected chi connectivity index (χ1v) is 9.59. The molecule has 0 radical (unpaired) electrons. The van der Waals surface area contributed by atoms with E-state index in [-0.39, 0.29) is 30.5 Å². The molecule has 0 spiro atoms. The summed E-state index contributed by atoms with van der Waals surface area (Å²) in [6.07, 6.45) is 5.57. The molecule has 0 fully saturated rings. The minimum Gasteiger partial charge on any atom is -0.396 e. The first-order chi connectivity index (χ1) is 14.9. The molecule has 4 rings (SSSR count). The summed E-state index contributed by atoms with van der Waals surface area (Å²) < 4.78 is 41.3. The molecule has 8 nitrogen and oxygen atoms in total. The van der Waals surface area contributed by atoms with Gasteiger partial charge in [0.1, 0.15) is 0 Å². The molecule has 1 aliphatic heterocycles. The Kier molecular flexibility index (Phi) is 5.85. The summed E-state index contributed by atoms with van der Waals surface area (Å²) in [7, 11) is 0. The largest absolute Gasteiger partial charge is 0.396 e. The minimum atomic E-state index is -1.50. The molecular weight excluding hydrogens is 413 g/mol. The lowest BCUT2D eigenvalue weighted by Gasteiger charge is -2.23. The van der Waals surface area contributed by atoms with E-state index in [1.165, 1.54) is 10.9 Å². The maximum Gasteiger partial charge on any atom is 0.228 e. The van der Waals surface area contributed by atoms with E-state index in [0.29, 0.717) is 36.7 Å². The number of carbonyl (C=O) groups excluding carboxylic acids is 1. The number of nitrogens with one attached hydrogen (secondary N) is 2. The van der Waals surface area contributed by atoms with Gasteiger partial charge in [-0.1, -0.05) is 0 Å². The van der Waals surface area contributed by atoms with Crippen LogP contribution in [0.3, 0.4) is 0 Å². The number of hydrogen-bond donors (Lipinski definition) is 3. The van der Waals surface area contributed by atoms with E-state index in [1.54, 1.807) is 12.4 Å². The van der Waals surface area contributed by atoms with Gasteiger partial charge in [-0.3, -0.25) is 9.48 Å². The molecule has 0 bridgehead atoms. The number of aliphatic hydroxyl groups excluding tert-OH is 1. The van der Waals surface area contributed by atoms with E-state index in [4.69, 9.17) is 5.11 Å². The number of benzene rings is 1. The van der Waals surface area contributed by atoms with Crippen molar-refractivity contribution in [3.8, 4) is 0 Å². The van der Waals surface area contributed by atoms with Gasteiger partial charge >= 0.3 is 0 Å². The summed E-state index contributed by atoms with van der Waals surface area (Å²) in [4.78, 5) is 20.6. The molecule has 3 aromatic rings. The second-order valence-electron chi connectivity index (χ2n) is 7.23. The molecule has 2 aromatic heterocycles. The molecule has 0 saturated carbocycles. The Morgan fingerprint density at radius 1 is 1.19 bits per heavy atom. The summed E-state index contributed by atoms with van der Waals surface area (Å²) in [6.45, 7) is 0.345. The lowest BCUT2D eigenvalue weighted by molar-refractivity contribution is -0.120. The van der Waals surface area contributed by atoms with Crippen molar-refractivity contribution in [3.05, 3.63) is 65.0 Å². The average molecular weight is 432 g/mol. The van der Waals surface area contributed by atoms with Gasteiger partial charge in [-0.05, 0) is 24.1 Å². The third kappa shape index (κ3) is 4.66. The number of rotatable bonds is 7. The molecule has 3 N–H and O–H groups in total. The number of anilines is 2. The number of halogens is 3. The predicted octanol–water partition coefficient (Wildman–Crippen LogP) is 2.24. The Bertz CT molecular complexity index is 1100. The van der Waals surface area contributed by atoms with Crippen molar-refractivity contribution in [2.75, 3.05) is 17.2 Å². The Morgan fingerprint density at radius 2 is 1.97 bits per heavy atom. The fourth-order valence-electron chi connectivity index (χ4n) is 3.36. The highest BCUT2D eigenvalue weighted by Crippen LogP contribution is 2.26. The van der Waals surface area contributed by atoms with Crippen LogP contribution in [0.15, 0.2) is 30.7 Å². The third-order valence-corrected chi connectivity index (χ3v) is 4.94. The zero-order valence-electron chi connectivity index (χ0n) is 16.3. The van der Waals surface area contributed by atoms with Gasteiger partial charge < -0.3 is 15.7 Å². The maximum absolute atomic E-state index is 13.4. The third-order valence-electron chi connectivity index (χ3n) is 4.94. The van der Waals surface area contributed by atoms with E-state index in [9.17, 15) is 18.0 Å². The van der Waals surface area contributed by atoms with Gasteiger partial charge in [0.2, 0.25) is 11.9 Å². The summed E-state index contributed by atoms with van der Waals surface area (Å²) >= 11 is 0. The number of aromatic nitrogens is 4. The fourth-order valence-corrected chi connectivity index (χ4v) is 3.36. The second kappa shape index (κ2) is 8.72. The van der Waals surface area contributed by atoms with Gasteiger partial charge in [0.05, 0.1) is 30.3 Å². The Balaban J connectivity index is 1.39. The molecule has 0 aliphatic carbocycles. The number of carbonyl (C=O) groups is 1. The van der Waals surface area contributed by atoms with Crippen molar-refractivity contribution < 1.29 is 23.1 Å². The minimum absolute atomic E-state index is 0.0786. The van der Waals surface area contributed by atoms with Gasteiger partial charge in [-0.15, -0.1) is 0 Å². The van der Waals surface area contributed by atoms with E-state index in [1.807, 2.05) is 0 Å². The van der Waals surface area contributed by atoms with Crippen molar-refractivity contribution in [2.24, 2.45) is 5.92 Å². The maximum atomic E-state index is 13.4. The standard InChI is InChI=1S/C20H19F3N6O2/c21-14-3-11(4-15(22)18(14)23)9-29-10-12(7-26-29)6-24-20-25-8-17-16(28-20)5-13(1-2-30)19(31)27-17/h3-4,7-8,10,13,30H,1-2,5-6,9H2,(H,27,31)(H,24,25,28)/t13-/m1/s1. The lowest BCUT2D eigenvalue weighted by Crippen LogP contribution is -2.31. The zero-order chi connectivity index (χ0) is 22.0. The van der Waals surface area contributed by atoms with Crippen LogP contribution in [0.2, 0.25) is 0 Å². The summed E-state index contributed by atoms with van der Waals surface area (Å²) in [5.74, 6) is -4.11. The molecule has 31 heavy (non-hydrogen) atoms. The Hall–Kier alpha value is -3.47. The van der Waals surface area contributed by atoms with Gasteiger partial charge in [-0.2, -0.15) is 5.10 Å². The van der Waals surface area contributed by atoms with Gasteiger partial charge in [-0.25, -0.2) is 23.1 Å². The molecule has 1 aliphatic rings. The fraction of sp³-hybridized carbons (Fsp3) is 0.300. The van der Waals surface area contributed by atoms with Crippen LogP contribution in [-0.2, 0) is 24.3 Å². The average Bonchev–Trinajstić information content (AvgIpc) is 3.18. The number of aliphatic hydroxyl groups is 1. The SMILES string of the molecule is O=C1Nc2cnc(NCc3cnn(Cc4cc(F)c(F)c(F)c4)c3)nc2C[C@H]1CCO. The van der Waals surface area contributed by atoms with Crippen molar-refractivity contribution in [3.63, 3.8) is 0 Å². The van der Waals surface area contributed by atoms with Crippen molar-refractivity contribution in [1.29, 1.82) is 0 Å². The van der Waals surface area contributed by atoms with Crippen LogP contribution in [0.5, 0.6) is 0 Å².